The third-order valence-corrected chi connectivity index (χ3v) is 8.16. The van der Waals surface area contributed by atoms with Crippen LogP contribution in [0.5, 0.6) is 0 Å². The zero-order valence-electron chi connectivity index (χ0n) is 12.3. The Bertz CT molecular complexity index is 422. The molecule has 0 bridgehead atoms. The fraction of sp³-hybridized carbons (Fsp3) is 1.00. The Morgan fingerprint density at radius 1 is 0.474 bits per heavy atom. The van der Waals surface area contributed by atoms with Crippen LogP contribution >= 0.6 is 0 Å². The number of hydrogen-bond acceptors (Lipinski definition) is 0. The zero-order chi connectivity index (χ0) is 12.3. The van der Waals surface area contributed by atoms with Crippen LogP contribution in [0.2, 0.25) is 0 Å². The van der Waals surface area contributed by atoms with Crippen LogP contribution in [-0.4, -0.2) is 0 Å². The Morgan fingerprint density at radius 2 is 0.842 bits per heavy atom. The molecule has 6 aliphatic carbocycles. The van der Waals surface area contributed by atoms with Crippen molar-refractivity contribution in [1.82, 2.24) is 0 Å². The molecular weight excluding hydrogens is 228 g/mol. The van der Waals surface area contributed by atoms with Gasteiger partial charge in [-0.05, 0) is 110 Å². The van der Waals surface area contributed by atoms with E-state index in [4.69, 9.17) is 0 Å². The van der Waals surface area contributed by atoms with E-state index in [0.29, 0.717) is 0 Å². The lowest BCUT2D eigenvalue weighted by atomic mass is 10.0. The van der Waals surface area contributed by atoms with Crippen LogP contribution in [0.4, 0.5) is 0 Å². The van der Waals surface area contributed by atoms with Gasteiger partial charge in [0, 0.05) is 0 Å². The van der Waals surface area contributed by atoms with Gasteiger partial charge in [0.15, 0.2) is 0 Å². The summed E-state index contributed by atoms with van der Waals surface area (Å²) in [5, 5.41) is 0. The van der Waals surface area contributed by atoms with Crippen LogP contribution in [0.25, 0.3) is 0 Å². The molecule has 0 saturated heterocycles. The van der Waals surface area contributed by atoms with Crippen molar-refractivity contribution in [3.63, 3.8) is 0 Å². The van der Waals surface area contributed by atoms with E-state index >= 15 is 0 Å². The van der Waals surface area contributed by atoms with Crippen molar-refractivity contribution in [2.24, 2.45) is 65.1 Å². The van der Waals surface area contributed by atoms with Gasteiger partial charge in [-0.25, -0.2) is 0 Å². The molecule has 0 aromatic carbocycles. The molecule has 0 heterocycles. The van der Waals surface area contributed by atoms with E-state index < -0.39 is 0 Å². The summed E-state index contributed by atoms with van der Waals surface area (Å²) in [5.41, 5.74) is 0. The minimum absolute atomic E-state index is 1.10. The normalized spacial score (nSPS) is 68.7. The third-order valence-electron chi connectivity index (χ3n) is 8.16. The molecule has 0 spiro atoms. The number of rotatable bonds is 5. The Hall–Kier alpha value is 0. The first-order valence-corrected chi connectivity index (χ1v) is 9.31. The van der Waals surface area contributed by atoms with Crippen molar-refractivity contribution in [1.29, 1.82) is 0 Å². The van der Waals surface area contributed by atoms with E-state index in [9.17, 15) is 0 Å². The van der Waals surface area contributed by atoms with Crippen LogP contribution in [0.1, 0.15) is 51.9 Å². The molecule has 19 heavy (non-hydrogen) atoms. The van der Waals surface area contributed by atoms with Crippen LogP contribution in [0.3, 0.4) is 0 Å². The van der Waals surface area contributed by atoms with E-state index in [1.165, 1.54) is 59.2 Å². The molecule has 0 aromatic heterocycles. The van der Waals surface area contributed by atoms with Crippen molar-refractivity contribution in [3.8, 4) is 0 Å². The average Bonchev–Trinajstić information content (AvgIpc) is 3.17. The van der Waals surface area contributed by atoms with Crippen LogP contribution in [-0.2, 0) is 0 Å². The molecule has 0 aliphatic heterocycles. The van der Waals surface area contributed by atoms with Gasteiger partial charge < -0.3 is 0 Å². The highest BCUT2D eigenvalue weighted by atomic mass is 14.7. The van der Waals surface area contributed by atoms with Crippen LogP contribution in [0.15, 0.2) is 0 Å². The Morgan fingerprint density at radius 3 is 1.26 bits per heavy atom. The Labute approximate surface area is 117 Å². The topological polar surface area (TPSA) is 0 Å². The molecule has 10 unspecified atom stereocenters. The predicted octanol–water partition coefficient (Wildman–Crippen LogP) is 4.60. The monoisotopic (exact) mass is 256 g/mol. The third kappa shape index (κ3) is 1.64. The van der Waals surface area contributed by atoms with Crippen molar-refractivity contribution < 1.29 is 0 Å². The average molecular weight is 256 g/mol. The molecule has 0 N–H and O–H groups in total. The molecular formula is C19H28. The fourth-order valence-electron chi connectivity index (χ4n) is 6.40. The van der Waals surface area contributed by atoms with Crippen molar-refractivity contribution in [2.45, 2.75) is 51.9 Å². The van der Waals surface area contributed by atoms with Crippen molar-refractivity contribution in [2.75, 3.05) is 0 Å². The highest BCUT2D eigenvalue weighted by Gasteiger charge is 2.66. The van der Waals surface area contributed by atoms with Gasteiger partial charge in [-0.1, -0.05) is 6.92 Å². The zero-order valence-corrected chi connectivity index (χ0v) is 12.3. The summed E-state index contributed by atoms with van der Waals surface area (Å²) in [6, 6.07) is 0. The van der Waals surface area contributed by atoms with Crippen LogP contribution in [0, 0.1) is 65.1 Å². The highest BCUT2D eigenvalue weighted by Crippen LogP contribution is 2.73. The molecule has 0 nitrogen and oxygen atoms in total. The maximum absolute atomic E-state index is 2.48. The Balaban J connectivity index is 1.03. The fourth-order valence-corrected chi connectivity index (χ4v) is 6.40. The molecule has 104 valence electrons. The summed E-state index contributed by atoms with van der Waals surface area (Å²) in [5.74, 6) is 13.3. The molecule has 6 aliphatic rings. The van der Waals surface area contributed by atoms with E-state index in [1.54, 1.807) is 44.9 Å². The molecule has 10 atom stereocenters. The van der Waals surface area contributed by atoms with E-state index in [2.05, 4.69) is 6.92 Å². The summed E-state index contributed by atoms with van der Waals surface area (Å²) < 4.78 is 0. The van der Waals surface area contributed by atoms with Gasteiger partial charge in [0.1, 0.15) is 0 Å². The summed E-state index contributed by atoms with van der Waals surface area (Å²) in [6.07, 6.45) is 11.4. The van der Waals surface area contributed by atoms with Crippen molar-refractivity contribution >= 4 is 0 Å². The van der Waals surface area contributed by atoms with Gasteiger partial charge in [-0.15, -0.1) is 0 Å². The van der Waals surface area contributed by atoms with Gasteiger partial charge >= 0.3 is 0 Å². The first-order valence-electron chi connectivity index (χ1n) is 9.31. The molecule has 6 fully saturated rings. The molecule has 0 amide bonds. The van der Waals surface area contributed by atoms with Gasteiger partial charge in [0.25, 0.3) is 0 Å². The maximum atomic E-state index is 2.48. The minimum atomic E-state index is 1.10. The van der Waals surface area contributed by atoms with Gasteiger partial charge in [0.2, 0.25) is 0 Å². The van der Waals surface area contributed by atoms with E-state index in [0.717, 1.165) is 5.92 Å². The largest absolute Gasteiger partial charge is 0.0622 e. The second kappa shape index (κ2) is 3.25. The molecule has 0 heteroatoms. The standard InChI is InChI=1S/C19H28/c1-9-4-11(9)13-6-15(13)17-8-19(17)18-7-16(18)14-5-12(14)10-2-3-10/h9-19H,2-8H2,1H3. The van der Waals surface area contributed by atoms with E-state index in [1.807, 2.05) is 0 Å². The lowest BCUT2D eigenvalue weighted by Crippen LogP contribution is -1.96. The molecule has 6 rings (SSSR count). The first kappa shape index (κ1) is 10.7. The highest BCUT2D eigenvalue weighted by molar-refractivity contribution is 5.15. The molecule has 6 saturated carbocycles. The summed E-state index contributed by atoms with van der Waals surface area (Å²) in [6.45, 7) is 2.48. The maximum Gasteiger partial charge on any atom is -0.0349 e. The lowest BCUT2D eigenvalue weighted by molar-refractivity contribution is 0.472. The minimum Gasteiger partial charge on any atom is -0.0622 e. The summed E-state index contributed by atoms with van der Waals surface area (Å²) >= 11 is 0. The summed E-state index contributed by atoms with van der Waals surface area (Å²) in [4.78, 5) is 0. The smallest absolute Gasteiger partial charge is 0.0349 e. The second-order valence-corrected chi connectivity index (χ2v) is 9.47. The lowest BCUT2D eigenvalue weighted by Gasteiger charge is -2.00. The second-order valence-electron chi connectivity index (χ2n) is 9.47. The van der Waals surface area contributed by atoms with Crippen LogP contribution < -0.4 is 0 Å². The van der Waals surface area contributed by atoms with Gasteiger partial charge in [0.05, 0.1) is 0 Å². The predicted molar refractivity (Wildman–Crippen MR) is 76.4 cm³/mol. The first-order chi connectivity index (χ1) is 9.31. The molecule has 0 aromatic rings. The number of hydrogen-bond donors (Lipinski definition) is 0. The SMILES string of the molecule is CC1CC1C1CC1C1CC1C1CC1C1CC1C1CC1. The molecule has 0 radical (unpaired) electrons. The van der Waals surface area contributed by atoms with Crippen molar-refractivity contribution in [3.05, 3.63) is 0 Å². The Kier molecular flexibility index (Phi) is 1.83. The summed E-state index contributed by atoms with van der Waals surface area (Å²) in [7, 11) is 0. The van der Waals surface area contributed by atoms with Gasteiger partial charge in [-0.3, -0.25) is 0 Å². The van der Waals surface area contributed by atoms with E-state index in [-0.39, 0.29) is 0 Å². The quantitative estimate of drug-likeness (QED) is 0.674. The van der Waals surface area contributed by atoms with Gasteiger partial charge in [-0.2, -0.15) is 0 Å².